The van der Waals surface area contributed by atoms with Gasteiger partial charge in [0.25, 0.3) is 5.91 Å². The highest BCUT2D eigenvalue weighted by Gasteiger charge is 2.18. The number of nitrogens with one attached hydrogen (secondary N) is 1. The Balaban J connectivity index is 2.38. The minimum absolute atomic E-state index is 0.261. The molecule has 0 saturated heterocycles. The lowest BCUT2D eigenvalue weighted by atomic mass is 10.1. The summed E-state index contributed by atoms with van der Waals surface area (Å²) in [5, 5.41) is 2.90. The molecule has 0 bridgehead atoms. The van der Waals surface area contributed by atoms with Crippen LogP contribution in [0.2, 0.25) is 0 Å². The average molecular weight is 358 g/mol. The van der Waals surface area contributed by atoms with Crippen LogP contribution in [0, 0.1) is 6.92 Å². The van der Waals surface area contributed by atoms with Crippen LogP contribution in [0.1, 0.15) is 36.7 Å². The van der Waals surface area contributed by atoms with Crippen molar-refractivity contribution in [3.8, 4) is 17.2 Å². The quantitative estimate of drug-likeness (QED) is 0.696. The molecule has 0 aromatic heterocycles. The van der Waals surface area contributed by atoms with E-state index in [1.807, 2.05) is 33.8 Å². The van der Waals surface area contributed by atoms with Crippen LogP contribution in [0.3, 0.4) is 0 Å². The number of amides is 1. The molecule has 1 amide bonds. The Labute approximate surface area is 154 Å². The van der Waals surface area contributed by atoms with Crippen molar-refractivity contribution in [2.45, 2.75) is 27.7 Å². The molecule has 26 heavy (non-hydrogen) atoms. The Kier molecular flexibility index (Phi) is 6.72. The lowest BCUT2D eigenvalue weighted by Crippen LogP contribution is -2.14. The van der Waals surface area contributed by atoms with Crippen molar-refractivity contribution in [1.82, 2.24) is 0 Å². The molecule has 2 aromatic carbocycles. The lowest BCUT2D eigenvalue weighted by Gasteiger charge is -2.17. The van der Waals surface area contributed by atoms with Gasteiger partial charge in [0.2, 0.25) is 5.75 Å². The summed E-state index contributed by atoms with van der Waals surface area (Å²) in [7, 11) is 0. The van der Waals surface area contributed by atoms with Crippen LogP contribution in [-0.4, -0.2) is 25.7 Å². The molecule has 0 atom stereocenters. The van der Waals surface area contributed by atoms with Gasteiger partial charge in [-0.1, -0.05) is 0 Å². The van der Waals surface area contributed by atoms with Crippen LogP contribution in [0.15, 0.2) is 30.3 Å². The highest BCUT2D eigenvalue weighted by molar-refractivity contribution is 6.05. The zero-order chi connectivity index (χ0) is 19.1. The standard InChI is InChI=1S/C20H26N2O4/c1-5-24-17-11-14(12-18(25-6-2)19(17)26-7-3)20(23)22-16-9-8-15(21)10-13(16)4/h8-12H,5-7,21H2,1-4H3,(H,22,23). The largest absolute Gasteiger partial charge is 0.490 e. The summed E-state index contributed by atoms with van der Waals surface area (Å²) in [5.74, 6) is 1.22. The summed E-state index contributed by atoms with van der Waals surface area (Å²) >= 11 is 0. The molecule has 2 aromatic rings. The number of anilines is 2. The van der Waals surface area contributed by atoms with Crippen molar-refractivity contribution >= 4 is 17.3 Å². The fourth-order valence-electron chi connectivity index (χ4n) is 2.54. The van der Waals surface area contributed by atoms with Crippen molar-refractivity contribution in [3.05, 3.63) is 41.5 Å². The van der Waals surface area contributed by atoms with Gasteiger partial charge in [-0.3, -0.25) is 4.79 Å². The predicted molar refractivity (Wildman–Crippen MR) is 103 cm³/mol. The summed E-state index contributed by atoms with van der Waals surface area (Å²) in [4.78, 5) is 12.7. The van der Waals surface area contributed by atoms with Gasteiger partial charge in [-0.2, -0.15) is 0 Å². The van der Waals surface area contributed by atoms with E-state index in [1.165, 1.54) is 0 Å². The third kappa shape index (κ3) is 4.59. The monoisotopic (exact) mass is 358 g/mol. The first kappa shape index (κ1) is 19.4. The maximum Gasteiger partial charge on any atom is 0.255 e. The Hall–Kier alpha value is -2.89. The third-order valence-electron chi connectivity index (χ3n) is 3.67. The Morgan fingerprint density at radius 3 is 2.04 bits per heavy atom. The van der Waals surface area contributed by atoms with Crippen LogP contribution < -0.4 is 25.3 Å². The van der Waals surface area contributed by atoms with E-state index in [0.717, 1.165) is 5.56 Å². The topological polar surface area (TPSA) is 82.8 Å². The van der Waals surface area contributed by atoms with Gasteiger partial charge in [0.05, 0.1) is 19.8 Å². The van der Waals surface area contributed by atoms with Crippen molar-refractivity contribution < 1.29 is 19.0 Å². The van der Waals surface area contributed by atoms with Crippen molar-refractivity contribution in [2.24, 2.45) is 0 Å². The third-order valence-corrected chi connectivity index (χ3v) is 3.67. The minimum atomic E-state index is -0.261. The number of nitrogen functional groups attached to an aromatic ring is 1. The van der Waals surface area contributed by atoms with Crippen molar-refractivity contribution in [3.63, 3.8) is 0 Å². The number of nitrogens with two attached hydrogens (primary N) is 1. The number of aryl methyl sites for hydroxylation is 1. The van der Waals surface area contributed by atoms with E-state index in [2.05, 4.69) is 5.32 Å². The van der Waals surface area contributed by atoms with Crippen LogP contribution in [-0.2, 0) is 0 Å². The van der Waals surface area contributed by atoms with Gasteiger partial charge in [-0.15, -0.1) is 0 Å². The van der Waals surface area contributed by atoms with Gasteiger partial charge in [-0.05, 0) is 63.6 Å². The first-order chi connectivity index (χ1) is 12.5. The first-order valence-corrected chi connectivity index (χ1v) is 8.74. The summed E-state index contributed by atoms with van der Waals surface area (Å²) in [6.07, 6.45) is 0. The molecule has 0 spiro atoms. The molecule has 0 aliphatic carbocycles. The highest BCUT2D eigenvalue weighted by atomic mass is 16.5. The van der Waals surface area contributed by atoms with E-state index in [9.17, 15) is 4.79 Å². The second kappa shape index (κ2) is 8.99. The van der Waals surface area contributed by atoms with E-state index in [1.54, 1.807) is 24.3 Å². The molecule has 0 fully saturated rings. The zero-order valence-corrected chi connectivity index (χ0v) is 15.7. The van der Waals surface area contributed by atoms with Crippen LogP contribution in [0.25, 0.3) is 0 Å². The van der Waals surface area contributed by atoms with Gasteiger partial charge in [0.15, 0.2) is 11.5 Å². The summed E-state index contributed by atoms with van der Waals surface area (Å²) in [5.41, 5.74) is 8.43. The van der Waals surface area contributed by atoms with Gasteiger partial charge < -0.3 is 25.3 Å². The zero-order valence-electron chi connectivity index (χ0n) is 15.7. The number of carbonyl (C=O) groups is 1. The fraction of sp³-hybridized carbons (Fsp3) is 0.350. The van der Waals surface area contributed by atoms with E-state index in [0.29, 0.717) is 54.0 Å². The molecule has 0 aliphatic rings. The number of carbonyl (C=O) groups excluding carboxylic acids is 1. The van der Waals surface area contributed by atoms with E-state index in [-0.39, 0.29) is 5.91 Å². The number of hydrogen-bond donors (Lipinski definition) is 2. The molecular formula is C20H26N2O4. The molecular weight excluding hydrogens is 332 g/mol. The SMILES string of the molecule is CCOc1cc(C(=O)Nc2ccc(N)cc2C)cc(OCC)c1OCC. The van der Waals surface area contributed by atoms with Gasteiger partial charge >= 0.3 is 0 Å². The number of rotatable bonds is 8. The highest BCUT2D eigenvalue weighted by Crippen LogP contribution is 2.39. The van der Waals surface area contributed by atoms with Crippen LogP contribution in [0.5, 0.6) is 17.2 Å². The fourth-order valence-corrected chi connectivity index (χ4v) is 2.54. The van der Waals surface area contributed by atoms with Crippen molar-refractivity contribution in [2.75, 3.05) is 30.9 Å². The smallest absolute Gasteiger partial charge is 0.255 e. The summed E-state index contributed by atoms with van der Waals surface area (Å²) in [6.45, 7) is 8.90. The van der Waals surface area contributed by atoms with Crippen LogP contribution in [0.4, 0.5) is 11.4 Å². The molecule has 0 saturated carbocycles. The summed E-state index contributed by atoms with van der Waals surface area (Å²) in [6, 6.07) is 8.67. The molecule has 140 valence electrons. The normalized spacial score (nSPS) is 10.3. The Bertz CT molecular complexity index is 747. The second-order valence-corrected chi connectivity index (χ2v) is 5.63. The summed E-state index contributed by atoms with van der Waals surface area (Å²) < 4.78 is 17.0. The maximum absolute atomic E-state index is 12.7. The molecule has 3 N–H and O–H groups in total. The van der Waals surface area contributed by atoms with Gasteiger partial charge in [0, 0.05) is 16.9 Å². The molecule has 2 rings (SSSR count). The Morgan fingerprint density at radius 1 is 0.962 bits per heavy atom. The molecule has 6 heteroatoms. The molecule has 0 aliphatic heterocycles. The predicted octanol–water partition coefficient (Wildman–Crippen LogP) is 4.03. The molecule has 0 unspecified atom stereocenters. The molecule has 0 radical (unpaired) electrons. The number of benzene rings is 2. The van der Waals surface area contributed by atoms with E-state index >= 15 is 0 Å². The average Bonchev–Trinajstić information content (AvgIpc) is 2.60. The second-order valence-electron chi connectivity index (χ2n) is 5.63. The number of ether oxygens (including phenoxy) is 3. The lowest BCUT2D eigenvalue weighted by molar-refractivity contribution is 0.102. The minimum Gasteiger partial charge on any atom is -0.490 e. The number of hydrogen-bond acceptors (Lipinski definition) is 5. The maximum atomic E-state index is 12.7. The van der Waals surface area contributed by atoms with E-state index in [4.69, 9.17) is 19.9 Å². The first-order valence-electron chi connectivity index (χ1n) is 8.74. The molecule has 6 nitrogen and oxygen atoms in total. The van der Waals surface area contributed by atoms with Gasteiger partial charge in [-0.25, -0.2) is 0 Å². The van der Waals surface area contributed by atoms with Gasteiger partial charge in [0.1, 0.15) is 0 Å². The van der Waals surface area contributed by atoms with Crippen LogP contribution >= 0.6 is 0 Å². The van der Waals surface area contributed by atoms with E-state index < -0.39 is 0 Å². The van der Waals surface area contributed by atoms with Crippen molar-refractivity contribution in [1.29, 1.82) is 0 Å². The Morgan fingerprint density at radius 2 is 1.54 bits per heavy atom. The molecule has 0 heterocycles.